The van der Waals surface area contributed by atoms with Gasteiger partial charge in [0.25, 0.3) is 0 Å². The number of hydrogen-bond acceptors (Lipinski definition) is 4. The van der Waals surface area contributed by atoms with Gasteiger partial charge in [0.15, 0.2) is 0 Å². The van der Waals surface area contributed by atoms with Crippen molar-refractivity contribution in [3.05, 3.63) is 0 Å². The summed E-state index contributed by atoms with van der Waals surface area (Å²) in [5.74, 6) is -1.34. The molecule has 0 aliphatic heterocycles. The molecule has 1 saturated carbocycles. The Morgan fingerprint density at radius 1 is 1.39 bits per heavy atom. The molecular formula is C12H22N2O4. The van der Waals surface area contributed by atoms with Gasteiger partial charge in [-0.25, -0.2) is 0 Å². The quantitative estimate of drug-likeness (QED) is 0.592. The summed E-state index contributed by atoms with van der Waals surface area (Å²) in [4.78, 5) is 23.2. The highest BCUT2D eigenvalue weighted by atomic mass is 16.5. The van der Waals surface area contributed by atoms with Crippen LogP contribution < -0.4 is 11.1 Å². The van der Waals surface area contributed by atoms with Crippen LogP contribution in [-0.4, -0.2) is 43.3 Å². The van der Waals surface area contributed by atoms with Gasteiger partial charge in [-0.05, 0) is 12.8 Å². The predicted octanol–water partition coefficient (Wildman–Crippen LogP) is -0.598. The van der Waals surface area contributed by atoms with Crippen LogP contribution in [0.4, 0.5) is 0 Å². The van der Waals surface area contributed by atoms with E-state index in [2.05, 4.69) is 5.32 Å². The number of rotatable bonds is 6. The highest BCUT2D eigenvalue weighted by Gasteiger charge is 2.34. The number of aliphatic hydroxyl groups excluding tert-OH is 1. The molecule has 0 bridgehead atoms. The summed E-state index contributed by atoms with van der Waals surface area (Å²) in [6, 6.07) is 0. The van der Waals surface area contributed by atoms with Gasteiger partial charge in [-0.1, -0.05) is 12.8 Å². The van der Waals surface area contributed by atoms with E-state index in [0.717, 1.165) is 12.8 Å². The normalized spacial score (nSPS) is 25.4. The zero-order chi connectivity index (χ0) is 13.5. The van der Waals surface area contributed by atoms with E-state index in [0.29, 0.717) is 12.8 Å². The fraction of sp³-hybridized carbons (Fsp3) is 0.833. The Bertz CT molecular complexity index is 296. The van der Waals surface area contributed by atoms with Gasteiger partial charge in [0.05, 0.1) is 12.7 Å². The van der Waals surface area contributed by atoms with Gasteiger partial charge in [-0.2, -0.15) is 0 Å². The lowest BCUT2D eigenvalue weighted by atomic mass is 9.78. The molecule has 2 amide bonds. The van der Waals surface area contributed by atoms with Crippen LogP contribution in [0.2, 0.25) is 0 Å². The molecule has 6 heteroatoms. The number of ether oxygens (including phenoxy) is 1. The van der Waals surface area contributed by atoms with Gasteiger partial charge in [0.2, 0.25) is 11.8 Å². The number of aliphatic hydroxyl groups is 1. The number of nitrogens with two attached hydrogens (primary N) is 1. The van der Waals surface area contributed by atoms with E-state index >= 15 is 0 Å². The van der Waals surface area contributed by atoms with Gasteiger partial charge in [-0.15, -0.1) is 0 Å². The Morgan fingerprint density at radius 3 is 2.56 bits per heavy atom. The molecule has 6 nitrogen and oxygen atoms in total. The zero-order valence-corrected chi connectivity index (χ0v) is 10.7. The summed E-state index contributed by atoms with van der Waals surface area (Å²) in [6.45, 7) is 0.304. The molecule has 0 radical (unpaired) electrons. The number of amides is 2. The molecule has 18 heavy (non-hydrogen) atoms. The number of methoxy groups -OCH3 is 1. The van der Waals surface area contributed by atoms with Crippen molar-refractivity contribution >= 4 is 11.8 Å². The van der Waals surface area contributed by atoms with E-state index in [1.165, 1.54) is 7.11 Å². The molecule has 3 atom stereocenters. The Hall–Kier alpha value is -1.14. The molecule has 1 aliphatic carbocycles. The lowest BCUT2D eigenvalue weighted by Gasteiger charge is -2.28. The van der Waals surface area contributed by atoms with E-state index in [9.17, 15) is 14.7 Å². The summed E-state index contributed by atoms with van der Waals surface area (Å²) in [7, 11) is 1.48. The topological polar surface area (TPSA) is 102 Å². The highest BCUT2D eigenvalue weighted by Crippen LogP contribution is 2.29. The Morgan fingerprint density at radius 2 is 2.00 bits per heavy atom. The summed E-state index contributed by atoms with van der Waals surface area (Å²) in [5.41, 5.74) is 5.31. The monoisotopic (exact) mass is 258 g/mol. The average Bonchev–Trinajstić information content (AvgIpc) is 2.36. The zero-order valence-electron chi connectivity index (χ0n) is 10.7. The van der Waals surface area contributed by atoms with Crippen molar-refractivity contribution in [2.24, 2.45) is 17.6 Å². The maximum Gasteiger partial charge on any atom is 0.224 e. The first-order valence-electron chi connectivity index (χ1n) is 6.30. The second-order valence-corrected chi connectivity index (χ2v) is 4.75. The van der Waals surface area contributed by atoms with Crippen molar-refractivity contribution in [2.75, 3.05) is 20.3 Å². The van der Waals surface area contributed by atoms with Crippen molar-refractivity contribution in [1.82, 2.24) is 5.32 Å². The van der Waals surface area contributed by atoms with Gasteiger partial charge in [0, 0.05) is 25.5 Å². The third kappa shape index (κ3) is 4.27. The second-order valence-electron chi connectivity index (χ2n) is 4.75. The summed E-state index contributed by atoms with van der Waals surface area (Å²) in [5, 5.41) is 12.1. The van der Waals surface area contributed by atoms with Crippen molar-refractivity contribution in [3.63, 3.8) is 0 Å². The Labute approximate surface area is 107 Å². The van der Waals surface area contributed by atoms with Crippen LogP contribution in [-0.2, 0) is 14.3 Å². The van der Waals surface area contributed by atoms with E-state index in [-0.39, 0.29) is 30.9 Å². The fourth-order valence-electron chi connectivity index (χ4n) is 2.39. The first-order chi connectivity index (χ1) is 8.56. The summed E-state index contributed by atoms with van der Waals surface area (Å²) < 4.78 is 4.77. The van der Waals surface area contributed by atoms with E-state index < -0.39 is 12.0 Å². The van der Waals surface area contributed by atoms with Crippen LogP contribution in [0.3, 0.4) is 0 Å². The maximum atomic E-state index is 12.0. The lowest BCUT2D eigenvalue weighted by Crippen LogP contribution is -2.44. The minimum atomic E-state index is -0.727. The Kier molecular flexibility index (Phi) is 6.07. The predicted molar refractivity (Wildman–Crippen MR) is 65.5 cm³/mol. The van der Waals surface area contributed by atoms with Gasteiger partial charge >= 0.3 is 0 Å². The van der Waals surface area contributed by atoms with Crippen LogP contribution in [0, 0.1) is 11.8 Å². The van der Waals surface area contributed by atoms with Crippen molar-refractivity contribution in [1.29, 1.82) is 0 Å². The third-order valence-corrected chi connectivity index (χ3v) is 3.34. The average molecular weight is 258 g/mol. The van der Waals surface area contributed by atoms with Crippen molar-refractivity contribution in [3.8, 4) is 0 Å². The first kappa shape index (κ1) is 14.9. The van der Waals surface area contributed by atoms with Crippen molar-refractivity contribution < 1.29 is 19.4 Å². The highest BCUT2D eigenvalue weighted by molar-refractivity contribution is 5.87. The number of carbonyl (C=O) groups is 2. The molecule has 0 aromatic rings. The third-order valence-electron chi connectivity index (χ3n) is 3.34. The molecule has 0 spiro atoms. The standard InChI is InChI=1S/C12H22N2O4/c1-18-7-8(15)6-14-12(17)10-5-3-2-4-9(10)11(13)16/h8-10,15H,2-7H2,1H3,(H2,13,16)(H,14,17)/t8?,9-,10+/m0/s1. The molecular weight excluding hydrogens is 236 g/mol. The molecule has 0 saturated heterocycles. The largest absolute Gasteiger partial charge is 0.389 e. The molecule has 1 unspecified atom stereocenters. The number of primary amides is 1. The first-order valence-corrected chi connectivity index (χ1v) is 6.30. The van der Waals surface area contributed by atoms with Crippen molar-refractivity contribution in [2.45, 2.75) is 31.8 Å². The van der Waals surface area contributed by atoms with Gasteiger partial charge in [-0.3, -0.25) is 9.59 Å². The van der Waals surface area contributed by atoms with Gasteiger partial charge < -0.3 is 20.9 Å². The van der Waals surface area contributed by atoms with Crippen LogP contribution in [0.25, 0.3) is 0 Å². The lowest BCUT2D eigenvalue weighted by molar-refractivity contribution is -0.135. The molecule has 0 aromatic heterocycles. The van der Waals surface area contributed by atoms with E-state index in [4.69, 9.17) is 10.5 Å². The minimum absolute atomic E-state index is 0.134. The van der Waals surface area contributed by atoms with Crippen LogP contribution >= 0.6 is 0 Å². The smallest absolute Gasteiger partial charge is 0.224 e. The Balaban J connectivity index is 2.45. The van der Waals surface area contributed by atoms with Gasteiger partial charge in [0.1, 0.15) is 0 Å². The molecule has 104 valence electrons. The van der Waals surface area contributed by atoms with Crippen LogP contribution in [0.15, 0.2) is 0 Å². The summed E-state index contributed by atoms with van der Waals surface area (Å²) >= 11 is 0. The molecule has 1 fully saturated rings. The van der Waals surface area contributed by atoms with E-state index in [1.807, 2.05) is 0 Å². The summed E-state index contributed by atoms with van der Waals surface area (Å²) in [6.07, 6.45) is 2.50. The molecule has 4 N–H and O–H groups in total. The molecule has 1 aliphatic rings. The molecule has 0 aromatic carbocycles. The molecule has 1 rings (SSSR count). The molecule has 0 heterocycles. The number of carbonyl (C=O) groups excluding carboxylic acids is 2. The number of hydrogen-bond donors (Lipinski definition) is 3. The van der Waals surface area contributed by atoms with E-state index in [1.54, 1.807) is 0 Å². The number of nitrogens with one attached hydrogen (secondary N) is 1. The fourth-order valence-corrected chi connectivity index (χ4v) is 2.39. The minimum Gasteiger partial charge on any atom is -0.389 e. The van der Waals surface area contributed by atoms with Crippen LogP contribution in [0.5, 0.6) is 0 Å². The maximum absolute atomic E-state index is 12.0. The SMILES string of the molecule is COCC(O)CNC(=O)[C@@H]1CCCC[C@@H]1C(N)=O. The second kappa shape index (κ2) is 7.33. The van der Waals surface area contributed by atoms with Crippen LogP contribution in [0.1, 0.15) is 25.7 Å².